The number of hydrogen-bond acceptors (Lipinski definition) is 2. The maximum atomic E-state index is 6.85. The second-order valence-corrected chi connectivity index (χ2v) is 23.9. The molecule has 0 fully saturated rings. The van der Waals surface area contributed by atoms with Gasteiger partial charge in [-0.2, -0.15) is 0 Å². The second-order valence-electron chi connectivity index (χ2n) is 23.9. The fourth-order valence-electron chi connectivity index (χ4n) is 14.0. The van der Waals surface area contributed by atoms with Crippen LogP contribution in [0.1, 0.15) is 189 Å². The number of rotatable bonds is 24. The molecule has 0 spiro atoms. The second kappa shape index (κ2) is 28.7. The fraction of sp³-hybridized carbons (Fsp3) is 0.354. The summed E-state index contributed by atoms with van der Waals surface area (Å²) in [6, 6.07) is 65.0. The molecule has 0 atom stereocenters. The Morgan fingerprint density at radius 3 is 1.36 bits per heavy atom. The number of para-hydroxylation sites is 1. The number of aromatic nitrogens is 2. The standard InChI is InChI=1S/C70H77N2.C9H9N.Pt/c1-5-9-13-24-40-69(41-25-14-10-6-2)62-33-23-22-32-58(62)59-37-34-53(44-63(59)69)54-35-38-60-61-39-36-55(46-65(61)70(64(60)45-54,42-26-15-11-7-3)43-27-16-12-8-4)57-48-66(51-28-18-17-19-29-51)72-68(49-57)67-47-52-30-20-21-31-56(52)50-71-67;1-7-5-4-6-8(2)9(7)10-3;/h17-23,28,30-39,44-50H,5-16,24-27,40-43H2,1-4H3;4-6H,1-2H3;/q-1;;+2. The topological polar surface area (TPSA) is 30.1 Å². The zero-order chi connectivity index (χ0) is 56.9. The summed E-state index contributed by atoms with van der Waals surface area (Å²) >= 11 is 0. The third kappa shape index (κ3) is 13.2. The largest absolute Gasteiger partial charge is 2.00 e. The molecule has 7 aromatic carbocycles. The molecule has 3 nitrogen and oxygen atoms in total. The summed E-state index contributed by atoms with van der Waals surface area (Å²) in [4.78, 5) is 13.7. The van der Waals surface area contributed by atoms with Crippen molar-refractivity contribution in [1.29, 1.82) is 0 Å². The summed E-state index contributed by atoms with van der Waals surface area (Å²) < 4.78 is 0. The van der Waals surface area contributed by atoms with Crippen LogP contribution in [0.4, 0.5) is 5.69 Å². The minimum absolute atomic E-state index is 0. The Labute approximate surface area is 513 Å². The molecule has 0 radical (unpaired) electrons. The number of unbranched alkanes of at least 4 members (excludes halogenated alkanes) is 12. The van der Waals surface area contributed by atoms with E-state index in [0.29, 0.717) is 0 Å². The predicted octanol–water partition coefficient (Wildman–Crippen LogP) is 23.4. The molecule has 83 heavy (non-hydrogen) atoms. The maximum Gasteiger partial charge on any atom is 2.00 e. The van der Waals surface area contributed by atoms with Crippen molar-refractivity contribution in [2.24, 2.45) is 0 Å². The Kier molecular flexibility index (Phi) is 21.0. The molecule has 0 saturated heterocycles. The van der Waals surface area contributed by atoms with Gasteiger partial charge in [-0.05, 0) is 159 Å². The molecule has 0 bridgehead atoms. The number of aryl methyl sites for hydroxylation is 2. The van der Waals surface area contributed by atoms with Crippen LogP contribution >= 0.6 is 0 Å². The number of hydrogen-bond donors (Lipinski definition) is 0. The van der Waals surface area contributed by atoms with E-state index < -0.39 is 0 Å². The zero-order valence-corrected chi connectivity index (χ0v) is 52.7. The van der Waals surface area contributed by atoms with E-state index in [-0.39, 0.29) is 31.9 Å². The van der Waals surface area contributed by atoms with Gasteiger partial charge in [0.25, 0.3) is 0 Å². The Balaban J connectivity index is 0.000000683. The molecule has 0 amide bonds. The molecular weight excluding hydrogens is 1190 g/mol. The summed E-state index contributed by atoms with van der Waals surface area (Å²) in [6.07, 6.45) is 27.2. The maximum absolute atomic E-state index is 6.85. The van der Waals surface area contributed by atoms with Crippen LogP contribution in [-0.2, 0) is 31.9 Å². The van der Waals surface area contributed by atoms with Gasteiger partial charge in [-0.3, -0.25) is 9.97 Å². The number of fused-ring (bicyclic) bond motifs is 7. The Hall–Kier alpha value is -6.72. The van der Waals surface area contributed by atoms with Crippen molar-refractivity contribution >= 4 is 16.5 Å². The molecule has 2 aliphatic carbocycles. The van der Waals surface area contributed by atoms with Gasteiger partial charge in [0.15, 0.2) is 5.69 Å². The van der Waals surface area contributed by atoms with Crippen molar-refractivity contribution < 1.29 is 21.1 Å². The van der Waals surface area contributed by atoms with Crippen LogP contribution in [0.15, 0.2) is 170 Å². The molecule has 0 unspecified atom stereocenters. The average molecular weight is 1270 g/mol. The van der Waals surface area contributed by atoms with E-state index in [1.807, 2.05) is 50.4 Å². The average Bonchev–Trinajstić information content (AvgIpc) is 1.80. The third-order valence-corrected chi connectivity index (χ3v) is 18.4. The van der Waals surface area contributed by atoms with E-state index in [0.717, 1.165) is 57.7 Å². The SMILES string of the molecule is CCCCCCC1(CCCCCC)c2ccccc2-c2ccc(-c3ccc4c(c3)C(CCCCCC)(CCCCCC)c3cc(-c5cc(-c6[c-]cccc6)nc(-c6cc7ccccc7cn6)c5)ccc3-4)cc21.[C-]#[N+]c1c(C)cccc1C.[Pt+2]. The van der Waals surface area contributed by atoms with Crippen LogP contribution in [-0.4, -0.2) is 9.97 Å². The molecule has 2 heterocycles. The predicted molar refractivity (Wildman–Crippen MR) is 350 cm³/mol. The van der Waals surface area contributed by atoms with Gasteiger partial charge < -0.3 is 0 Å². The van der Waals surface area contributed by atoms with Crippen molar-refractivity contribution in [2.75, 3.05) is 0 Å². The van der Waals surface area contributed by atoms with Crippen molar-refractivity contribution in [3.8, 4) is 67.2 Å². The van der Waals surface area contributed by atoms with Gasteiger partial charge in [0, 0.05) is 22.4 Å². The summed E-state index contributed by atoms with van der Waals surface area (Å²) in [5, 5.41) is 2.30. The van der Waals surface area contributed by atoms with Crippen molar-refractivity contribution in [3.05, 3.63) is 221 Å². The van der Waals surface area contributed by atoms with Crippen LogP contribution in [0.5, 0.6) is 0 Å². The first kappa shape index (κ1) is 60.9. The van der Waals surface area contributed by atoms with Crippen LogP contribution < -0.4 is 0 Å². The Morgan fingerprint density at radius 1 is 0.410 bits per heavy atom. The van der Waals surface area contributed by atoms with E-state index in [1.165, 1.54) is 171 Å². The molecule has 0 saturated carbocycles. The van der Waals surface area contributed by atoms with Gasteiger partial charge in [-0.15, -0.1) is 35.9 Å². The summed E-state index contributed by atoms with van der Waals surface area (Å²) in [7, 11) is 0. The minimum Gasteiger partial charge on any atom is -0.295 e. The van der Waals surface area contributed by atoms with Crippen LogP contribution in [0.2, 0.25) is 0 Å². The summed E-state index contributed by atoms with van der Waals surface area (Å²) in [6.45, 7) is 20.1. The molecule has 2 aromatic heterocycles. The fourth-order valence-corrected chi connectivity index (χ4v) is 14.0. The van der Waals surface area contributed by atoms with Gasteiger partial charge in [0.1, 0.15) is 0 Å². The molecule has 11 rings (SSSR count). The Morgan fingerprint density at radius 2 is 0.867 bits per heavy atom. The van der Waals surface area contributed by atoms with E-state index in [4.69, 9.17) is 16.5 Å². The van der Waals surface area contributed by atoms with Crippen LogP contribution in [0.3, 0.4) is 0 Å². The minimum atomic E-state index is -0.0841. The molecule has 2 aliphatic rings. The van der Waals surface area contributed by atoms with E-state index >= 15 is 0 Å². The normalized spacial score (nSPS) is 13.0. The van der Waals surface area contributed by atoms with Gasteiger partial charge in [-0.25, -0.2) is 4.85 Å². The van der Waals surface area contributed by atoms with Gasteiger partial charge in [-0.1, -0.05) is 240 Å². The van der Waals surface area contributed by atoms with Crippen molar-refractivity contribution in [1.82, 2.24) is 9.97 Å². The first-order valence-corrected chi connectivity index (χ1v) is 31.6. The van der Waals surface area contributed by atoms with Gasteiger partial charge in [0.05, 0.1) is 18.0 Å². The summed E-state index contributed by atoms with van der Waals surface area (Å²) in [5.74, 6) is 0. The molecule has 426 valence electrons. The molecule has 0 N–H and O–H groups in total. The van der Waals surface area contributed by atoms with Gasteiger partial charge in [0.2, 0.25) is 0 Å². The molecule has 9 aromatic rings. The van der Waals surface area contributed by atoms with Crippen LogP contribution in [0, 0.1) is 26.5 Å². The smallest absolute Gasteiger partial charge is 0.295 e. The first-order valence-electron chi connectivity index (χ1n) is 31.6. The van der Waals surface area contributed by atoms with Crippen molar-refractivity contribution in [2.45, 2.75) is 181 Å². The Bertz CT molecular complexity index is 3610. The molecule has 4 heteroatoms. The van der Waals surface area contributed by atoms with E-state index in [9.17, 15) is 0 Å². The zero-order valence-electron chi connectivity index (χ0n) is 50.5. The first-order chi connectivity index (χ1) is 40.2. The number of pyridine rings is 2. The third-order valence-electron chi connectivity index (χ3n) is 18.4. The number of benzene rings is 7. The van der Waals surface area contributed by atoms with E-state index in [1.54, 1.807) is 16.7 Å². The molecule has 0 aliphatic heterocycles. The quantitative estimate of drug-likeness (QED) is 0.0446. The van der Waals surface area contributed by atoms with Crippen molar-refractivity contribution in [3.63, 3.8) is 0 Å². The summed E-state index contributed by atoms with van der Waals surface area (Å²) in [5.41, 5.74) is 23.7. The van der Waals surface area contributed by atoms with Gasteiger partial charge >= 0.3 is 21.1 Å². The monoisotopic (exact) mass is 1270 g/mol. The number of nitrogens with zero attached hydrogens (tertiary/aromatic N) is 3. The molecular formula is C79H86N3Pt+. The van der Waals surface area contributed by atoms with E-state index in [2.05, 4.69) is 172 Å². The van der Waals surface area contributed by atoms with Crippen LogP contribution in [0.25, 0.3) is 82.8 Å².